The summed E-state index contributed by atoms with van der Waals surface area (Å²) in [5.74, 6) is -0.121. The molecule has 3 aromatic carbocycles. The molecule has 1 aliphatic heterocycles. The number of rotatable bonds is 6. The average Bonchev–Trinajstić information content (AvgIpc) is 3.39. The molecule has 0 saturated heterocycles. The minimum Gasteiger partial charge on any atom is -0.248 e. The molecule has 13 heteroatoms. The first-order valence-corrected chi connectivity index (χ1v) is 16.9. The van der Waals surface area contributed by atoms with E-state index in [0.29, 0.717) is 42.3 Å². The molecule has 0 spiro atoms. The Morgan fingerprint density at radius 3 is 2.02 bits per heavy atom. The van der Waals surface area contributed by atoms with E-state index in [0.717, 1.165) is 16.8 Å². The Morgan fingerprint density at radius 1 is 0.854 bits per heavy atom. The van der Waals surface area contributed by atoms with Crippen molar-refractivity contribution >= 4 is 54.9 Å². The number of hydrogen-bond acceptors (Lipinski definition) is 6. The molecular formula is C28H29Cl2N5O4S2. The molecular weight excluding hydrogens is 605 g/mol. The smallest absolute Gasteiger partial charge is 0.248 e. The molecule has 1 aliphatic carbocycles. The monoisotopic (exact) mass is 633 g/mol. The van der Waals surface area contributed by atoms with E-state index in [1.807, 2.05) is 42.5 Å². The molecule has 5 rings (SSSR count). The van der Waals surface area contributed by atoms with E-state index < -0.39 is 25.3 Å². The largest absolute Gasteiger partial charge is 0.264 e. The van der Waals surface area contributed by atoms with Crippen molar-refractivity contribution in [3.8, 4) is 0 Å². The number of benzene rings is 3. The second kappa shape index (κ2) is 12.1. The lowest BCUT2D eigenvalue weighted by Gasteiger charge is -2.27. The summed E-state index contributed by atoms with van der Waals surface area (Å²) < 4.78 is 53.3. The van der Waals surface area contributed by atoms with Crippen LogP contribution in [0.15, 0.2) is 93.9 Å². The summed E-state index contributed by atoms with van der Waals surface area (Å²) in [6.07, 6.45) is 1.57. The lowest BCUT2D eigenvalue weighted by Crippen LogP contribution is -2.42. The van der Waals surface area contributed by atoms with Gasteiger partial charge in [-0.1, -0.05) is 65.7 Å². The van der Waals surface area contributed by atoms with E-state index in [9.17, 15) is 16.8 Å². The van der Waals surface area contributed by atoms with Crippen LogP contribution in [0.4, 0.5) is 0 Å². The summed E-state index contributed by atoms with van der Waals surface area (Å²) in [6.45, 7) is 0.330. The van der Waals surface area contributed by atoms with Crippen molar-refractivity contribution in [1.82, 2.24) is 9.73 Å². The first-order valence-electron chi connectivity index (χ1n) is 13.0. The van der Waals surface area contributed by atoms with Crippen molar-refractivity contribution < 1.29 is 16.8 Å². The number of hydrogen-bond donors (Lipinski definition) is 2. The van der Waals surface area contributed by atoms with Crippen molar-refractivity contribution in [3.05, 3.63) is 100 Å². The number of nitrogens with zero attached hydrogens (tertiary/aromatic N) is 3. The number of aliphatic imine (C=N–C) groups is 1. The minimum atomic E-state index is -4.05. The number of nitrogens with two attached hydrogens (primary N) is 1. The summed E-state index contributed by atoms with van der Waals surface area (Å²) in [7, 11) is -7.71. The van der Waals surface area contributed by atoms with E-state index in [-0.39, 0.29) is 22.8 Å². The maximum atomic E-state index is 13.5. The molecule has 2 aliphatic rings. The standard InChI is InChI=1S/C28H29Cl2N5O4S2/c29-21-8-6-20(7-9-21)27-26(19-4-2-1-3-5-19)18-35(33-27)28(32-23-12-16-24(17-13-23)40(31,36)37)34-41(38,39)25-14-10-22(30)11-15-25/h1-11,14-15,23-24,26H,12-13,16-18H2,(H,32,34)(H2,31,36,37)/t23?,24?,26-/m1/s1. The van der Waals surface area contributed by atoms with E-state index in [1.165, 1.54) is 24.3 Å². The van der Waals surface area contributed by atoms with E-state index in [2.05, 4.69) is 4.72 Å². The van der Waals surface area contributed by atoms with Crippen molar-refractivity contribution in [3.63, 3.8) is 0 Å². The van der Waals surface area contributed by atoms with Crippen LogP contribution in [0.25, 0.3) is 0 Å². The third-order valence-corrected chi connectivity index (χ3v) is 10.5. The molecule has 41 heavy (non-hydrogen) atoms. The lowest BCUT2D eigenvalue weighted by molar-refractivity contribution is 0.416. The number of nitrogens with one attached hydrogen (secondary N) is 1. The van der Waals surface area contributed by atoms with Gasteiger partial charge in [-0.3, -0.25) is 0 Å². The van der Waals surface area contributed by atoms with Gasteiger partial charge in [0.1, 0.15) is 0 Å². The highest BCUT2D eigenvalue weighted by atomic mass is 35.5. The van der Waals surface area contributed by atoms with Crippen LogP contribution < -0.4 is 9.86 Å². The van der Waals surface area contributed by atoms with Gasteiger partial charge in [0.05, 0.1) is 28.4 Å². The van der Waals surface area contributed by atoms with Gasteiger partial charge in [-0.2, -0.15) is 5.10 Å². The summed E-state index contributed by atoms with van der Waals surface area (Å²) in [4.78, 5) is 4.82. The maximum Gasteiger partial charge on any atom is 0.264 e. The molecule has 0 bridgehead atoms. The van der Waals surface area contributed by atoms with Gasteiger partial charge in [-0.15, -0.1) is 0 Å². The Morgan fingerprint density at radius 2 is 1.44 bits per heavy atom. The van der Waals surface area contributed by atoms with Gasteiger partial charge < -0.3 is 0 Å². The van der Waals surface area contributed by atoms with Crippen LogP contribution in [-0.2, 0) is 20.0 Å². The Labute approximate surface area is 250 Å². The molecule has 0 aromatic heterocycles. The predicted molar refractivity (Wildman–Crippen MR) is 162 cm³/mol. The van der Waals surface area contributed by atoms with Gasteiger partial charge in [0.25, 0.3) is 10.0 Å². The third kappa shape index (κ3) is 7.10. The zero-order valence-corrected chi connectivity index (χ0v) is 25.0. The van der Waals surface area contributed by atoms with E-state index in [1.54, 1.807) is 17.1 Å². The number of hydrazone groups is 1. The fraction of sp³-hybridized carbons (Fsp3) is 0.286. The normalized spacial score (nSPS) is 21.9. The molecule has 1 fully saturated rings. The van der Waals surface area contributed by atoms with Crippen molar-refractivity contribution in [1.29, 1.82) is 0 Å². The van der Waals surface area contributed by atoms with E-state index >= 15 is 0 Å². The van der Waals surface area contributed by atoms with Gasteiger partial charge in [-0.25, -0.2) is 36.7 Å². The molecule has 0 amide bonds. The summed E-state index contributed by atoms with van der Waals surface area (Å²) in [5.41, 5.74) is 2.60. The highest BCUT2D eigenvalue weighted by molar-refractivity contribution is 7.90. The zero-order chi connectivity index (χ0) is 29.2. The van der Waals surface area contributed by atoms with Gasteiger partial charge in [-0.05, 0) is 73.2 Å². The lowest BCUT2D eigenvalue weighted by atomic mass is 9.91. The molecule has 1 atom stereocenters. The third-order valence-electron chi connectivity index (χ3n) is 7.26. The molecule has 3 aromatic rings. The van der Waals surface area contributed by atoms with Crippen LogP contribution in [0.3, 0.4) is 0 Å². The van der Waals surface area contributed by atoms with Crippen molar-refractivity contribution in [2.24, 2.45) is 15.2 Å². The second-order valence-electron chi connectivity index (χ2n) is 10.1. The van der Waals surface area contributed by atoms with Crippen molar-refractivity contribution in [2.75, 3.05) is 6.54 Å². The van der Waals surface area contributed by atoms with Crippen LogP contribution in [0.2, 0.25) is 10.0 Å². The first-order chi connectivity index (χ1) is 19.5. The number of halogens is 2. The highest BCUT2D eigenvalue weighted by Crippen LogP contribution is 2.31. The van der Waals surface area contributed by atoms with Gasteiger partial charge in [0.15, 0.2) is 0 Å². The summed E-state index contributed by atoms with van der Waals surface area (Å²) in [6, 6.07) is 22.7. The van der Waals surface area contributed by atoms with Crippen LogP contribution in [0.5, 0.6) is 0 Å². The Bertz CT molecular complexity index is 1660. The summed E-state index contributed by atoms with van der Waals surface area (Å²) >= 11 is 12.1. The Hall–Kier alpha value is -2.96. The fourth-order valence-corrected chi connectivity index (χ4v) is 7.27. The van der Waals surface area contributed by atoms with Crippen LogP contribution in [0, 0.1) is 0 Å². The number of sulfonamides is 2. The molecule has 1 saturated carbocycles. The van der Waals surface area contributed by atoms with Gasteiger partial charge in [0, 0.05) is 16.0 Å². The van der Waals surface area contributed by atoms with Crippen LogP contribution >= 0.6 is 23.2 Å². The topological polar surface area (TPSA) is 134 Å². The SMILES string of the molecule is NS(=O)(=O)C1CCC(/N=C(\NS(=O)(=O)c2ccc(Cl)cc2)N2C[C@H](c3ccccc3)C(c3ccc(Cl)cc3)=N2)CC1. The van der Waals surface area contributed by atoms with Gasteiger partial charge in [0.2, 0.25) is 16.0 Å². The molecule has 1 heterocycles. The minimum absolute atomic E-state index is 0.0215. The molecule has 9 nitrogen and oxygen atoms in total. The number of primary sulfonamides is 1. The van der Waals surface area contributed by atoms with Crippen LogP contribution in [-0.4, -0.2) is 51.4 Å². The fourth-order valence-electron chi connectivity index (χ4n) is 5.08. The highest BCUT2D eigenvalue weighted by Gasteiger charge is 2.35. The Balaban J connectivity index is 1.52. The predicted octanol–water partition coefficient (Wildman–Crippen LogP) is 4.73. The molecule has 0 unspecified atom stereocenters. The molecule has 3 N–H and O–H groups in total. The average molecular weight is 635 g/mol. The Kier molecular flexibility index (Phi) is 8.72. The van der Waals surface area contributed by atoms with E-state index in [4.69, 9.17) is 38.4 Å². The molecule has 0 radical (unpaired) electrons. The maximum absolute atomic E-state index is 13.5. The quantitative estimate of drug-likeness (QED) is 0.299. The van der Waals surface area contributed by atoms with Crippen molar-refractivity contribution in [2.45, 2.75) is 47.8 Å². The first kappa shape index (κ1) is 29.5. The summed E-state index contributed by atoms with van der Waals surface area (Å²) in [5, 5.41) is 12.2. The molecule has 216 valence electrons. The van der Waals surface area contributed by atoms with Gasteiger partial charge >= 0.3 is 0 Å². The number of guanidine groups is 1. The second-order valence-corrected chi connectivity index (χ2v) is 14.5. The zero-order valence-electron chi connectivity index (χ0n) is 21.9. The van der Waals surface area contributed by atoms with Crippen LogP contribution in [0.1, 0.15) is 42.7 Å².